The number of nitrogens with one attached hydrogen (secondary N) is 3. The highest BCUT2D eigenvalue weighted by Gasteiger charge is 2.30. The van der Waals surface area contributed by atoms with E-state index in [1.54, 1.807) is 19.1 Å². The number of amides is 2. The number of hydrogen-bond donors (Lipinski definition) is 3. The van der Waals surface area contributed by atoms with E-state index in [-0.39, 0.29) is 11.4 Å². The zero-order valence-electron chi connectivity index (χ0n) is 19.7. The van der Waals surface area contributed by atoms with Gasteiger partial charge in [-0.1, -0.05) is 18.2 Å². The lowest BCUT2D eigenvalue weighted by molar-refractivity contribution is -0.137. The van der Waals surface area contributed by atoms with Crippen molar-refractivity contribution < 1.29 is 27.1 Å². The number of carbonyl (C=O) groups is 1. The Morgan fingerprint density at radius 2 is 1.73 bits per heavy atom. The molecule has 192 valence electrons. The van der Waals surface area contributed by atoms with Crippen LogP contribution < -0.4 is 20.7 Å². The van der Waals surface area contributed by atoms with Gasteiger partial charge in [0.05, 0.1) is 17.7 Å². The number of halogens is 4. The normalized spacial score (nSPS) is 11.3. The summed E-state index contributed by atoms with van der Waals surface area (Å²) in [4.78, 5) is 20.6. The molecule has 0 saturated heterocycles. The number of aromatic nitrogens is 2. The molecule has 0 aliphatic heterocycles. The summed E-state index contributed by atoms with van der Waals surface area (Å²) in [7, 11) is 0. The Labute approximate surface area is 209 Å². The summed E-state index contributed by atoms with van der Waals surface area (Å²) in [6.45, 7) is 2.62. The summed E-state index contributed by atoms with van der Waals surface area (Å²) in [5, 5.41) is 8.70. The Bertz CT molecular complexity index is 1390. The van der Waals surface area contributed by atoms with Crippen molar-refractivity contribution in [1.82, 2.24) is 9.97 Å². The predicted octanol–water partition coefficient (Wildman–Crippen LogP) is 6.49. The largest absolute Gasteiger partial charge is 0.491 e. The first-order valence-corrected chi connectivity index (χ1v) is 11.4. The molecule has 0 radical (unpaired) electrons. The summed E-state index contributed by atoms with van der Waals surface area (Å²) in [6.07, 6.45) is -2.49. The molecule has 4 rings (SSSR count). The van der Waals surface area contributed by atoms with Gasteiger partial charge in [-0.05, 0) is 55.3 Å². The second-order valence-corrected chi connectivity index (χ2v) is 7.99. The summed E-state index contributed by atoms with van der Waals surface area (Å²) in [5.41, 5.74) is 1.17. The fraction of sp³-hybridized carbons (Fsp3) is 0.192. The van der Waals surface area contributed by atoms with Crippen molar-refractivity contribution in [2.45, 2.75) is 19.5 Å². The van der Waals surface area contributed by atoms with Gasteiger partial charge in [0.2, 0.25) is 0 Å². The van der Waals surface area contributed by atoms with Crippen LogP contribution in [0.2, 0.25) is 0 Å². The minimum Gasteiger partial charge on any atom is -0.491 e. The fourth-order valence-electron chi connectivity index (χ4n) is 3.61. The summed E-state index contributed by atoms with van der Waals surface area (Å²) < 4.78 is 58.1. The number of rotatable bonds is 8. The van der Waals surface area contributed by atoms with E-state index < -0.39 is 23.6 Å². The van der Waals surface area contributed by atoms with Crippen LogP contribution in [0.5, 0.6) is 5.75 Å². The van der Waals surface area contributed by atoms with E-state index in [2.05, 4.69) is 25.9 Å². The van der Waals surface area contributed by atoms with Gasteiger partial charge < -0.3 is 20.7 Å². The maximum Gasteiger partial charge on any atom is 0.416 e. The highest BCUT2D eigenvalue weighted by Crippen LogP contribution is 2.31. The third kappa shape index (κ3) is 6.63. The standard InChI is InChI=1S/C26H23F4N5O2/c1-2-37-23-14-22-20(13-21(23)27)24(33-15-32-22)31-11-10-16-6-8-18(9-7-16)34-25(36)35-19-5-3-4-17(12-19)26(28,29)30/h3-9,12-15H,2,10-11H2,1H3,(H,31,32,33)(H2,34,35,36). The molecule has 11 heteroatoms. The number of fused-ring (bicyclic) bond motifs is 1. The van der Waals surface area contributed by atoms with E-state index in [4.69, 9.17) is 4.74 Å². The van der Waals surface area contributed by atoms with Crippen molar-refractivity contribution in [2.75, 3.05) is 29.1 Å². The number of alkyl halides is 3. The van der Waals surface area contributed by atoms with Crippen molar-refractivity contribution >= 4 is 34.1 Å². The average molecular weight is 513 g/mol. The molecule has 0 atom stereocenters. The molecule has 0 aliphatic carbocycles. The van der Waals surface area contributed by atoms with Crippen LogP contribution in [-0.2, 0) is 12.6 Å². The van der Waals surface area contributed by atoms with Gasteiger partial charge >= 0.3 is 12.2 Å². The van der Waals surface area contributed by atoms with E-state index >= 15 is 0 Å². The van der Waals surface area contributed by atoms with E-state index in [9.17, 15) is 22.4 Å². The number of ether oxygens (including phenoxy) is 1. The number of nitrogens with zero attached hydrogens (tertiary/aromatic N) is 2. The Kier molecular flexibility index (Phi) is 7.71. The highest BCUT2D eigenvalue weighted by atomic mass is 19.4. The van der Waals surface area contributed by atoms with E-state index in [0.29, 0.717) is 42.0 Å². The number of carbonyl (C=O) groups excluding carboxylic acids is 1. The van der Waals surface area contributed by atoms with Crippen LogP contribution in [-0.4, -0.2) is 29.2 Å². The number of benzene rings is 3. The molecule has 2 amide bonds. The zero-order chi connectivity index (χ0) is 26.4. The van der Waals surface area contributed by atoms with Crippen LogP contribution in [0.3, 0.4) is 0 Å². The molecule has 4 aromatic rings. The van der Waals surface area contributed by atoms with Gasteiger partial charge in [0.15, 0.2) is 11.6 Å². The van der Waals surface area contributed by atoms with Crippen molar-refractivity contribution in [3.63, 3.8) is 0 Å². The highest BCUT2D eigenvalue weighted by molar-refractivity contribution is 5.99. The number of urea groups is 1. The van der Waals surface area contributed by atoms with Gasteiger partial charge in [0, 0.05) is 29.4 Å². The van der Waals surface area contributed by atoms with Crippen LogP contribution in [0.25, 0.3) is 10.9 Å². The van der Waals surface area contributed by atoms with Crippen molar-refractivity contribution in [3.8, 4) is 5.75 Å². The Hall–Kier alpha value is -4.41. The van der Waals surface area contributed by atoms with Gasteiger partial charge in [0.25, 0.3) is 0 Å². The molecule has 1 aromatic heterocycles. The summed E-state index contributed by atoms with van der Waals surface area (Å²) >= 11 is 0. The summed E-state index contributed by atoms with van der Waals surface area (Å²) in [5.74, 6) is 0.140. The van der Waals surface area contributed by atoms with Crippen LogP contribution in [0.1, 0.15) is 18.1 Å². The molecule has 0 unspecified atom stereocenters. The van der Waals surface area contributed by atoms with Crippen LogP contribution in [0, 0.1) is 5.82 Å². The topological polar surface area (TPSA) is 88.2 Å². The van der Waals surface area contributed by atoms with Gasteiger partial charge in [-0.2, -0.15) is 13.2 Å². The minimum atomic E-state index is -4.50. The first kappa shape index (κ1) is 25.7. The Morgan fingerprint density at radius 1 is 0.973 bits per heavy atom. The average Bonchev–Trinajstić information content (AvgIpc) is 2.86. The zero-order valence-corrected chi connectivity index (χ0v) is 19.7. The molecule has 0 bridgehead atoms. The van der Waals surface area contributed by atoms with E-state index in [1.807, 2.05) is 12.1 Å². The SMILES string of the molecule is CCOc1cc2ncnc(NCCc3ccc(NC(=O)Nc4cccc(C(F)(F)F)c4)cc3)c2cc1F. The van der Waals surface area contributed by atoms with E-state index in [1.165, 1.54) is 30.6 Å². The molecule has 3 aromatic carbocycles. The quantitative estimate of drug-likeness (QED) is 0.235. The maximum absolute atomic E-state index is 14.3. The fourth-order valence-corrected chi connectivity index (χ4v) is 3.61. The Balaban J connectivity index is 1.32. The second kappa shape index (κ2) is 11.1. The van der Waals surface area contributed by atoms with Crippen LogP contribution in [0.4, 0.5) is 39.5 Å². The smallest absolute Gasteiger partial charge is 0.416 e. The van der Waals surface area contributed by atoms with Gasteiger partial charge in [-0.25, -0.2) is 19.2 Å². The minimum absolute atomic E-state index is 0.0289. The lowest BCUT2D eigenvalue weighted by Gasteiger charge is -2.12. The molecule has 0 saturated carbocycles. The van der Waals surface area contributed by atoms with Crippen LogP contribution >= 0.6 is 0 Å². The van der Waals surface area contributed by atoms with Crippen molar-refractivity contribution in [1.29, 1.82) is 0 Å². The first-order chi connectivity index (χ1) is 17.7. The second-order valence-electron chi connectivity index (χ2n) is 7.99. The monoisotopic (exact) mass is 513 g/mol. The maximum atomic E-state index is 14.3. The van der Waals surface area contributed by atoms with Gasteiger partial charge in [0.1, 0.15) is 12.1 Å². The molecule has 0 aliphatic rings. The third-order valence-corrected chi connectivity index (χ3v) is 5.35. The Morgan fingerprint density at radius 3 is 2.46 bits per heavy atom. The lowest BCUT2D eigenvalue weighted by atomic mass is 10.1. The van der Waals surface area contributed by atoms with Gasteiger partial charge in [-0.3, -0.25) is 0 Å². The number of hydrogen-bond acceptors (Lipinski definition) is 5. The number of anilines is 3. The predicted molar refractivity (Wildman–Crippen MR) is 133 cm³/mol. The molecule has 7 nitrogen and oxygen atoms in total. The molecular formula is C26H23F4N5O2. The molecule has 1 heterocycles. The molecule has 37 heavy (non-hydrogen) atoms. The molecular weight excluding hydrogens is 490 g/mol. The molecule has 0 spiro atoms. The van der Waals surface area contributed by atoms with Crippen molar-refractivity contribution in [3.05, 3.63) is 83.9 Å². The third-order valence-electron chi connectivity index (χ3n) is 5.35. The molecule has 0 fully saturated rings. The van der Waals surface area contributed by atoms with E-state index in [0.717, 1.165) is 17.7 Å². The lowest BCUT2D eigenvalue weighted by Crippen LogP contribution is -2.19. The van der Waals surface area contributed by atoms with Gasteiger partial charge in [-0.15, -0.1) is 0 Å². The first-order valence-electron chi connectivity index (χ1n) is 11.4. The van der Waals surface area contributed by atoms with Crippen LogP contribution in [0.15, 0.2) is 67.0 Å². The summed E-state index contributed by atoms with van der Waals surface area (Å²) in [6, 6.07) is 13.6. The molecule has 3 N–H and O–H groups in total. The van der Waals surface area contributed by atoms with Crippen molar-refractivity contribution in [2.24, 2.45) is 0 Å².